The predicted octanol–water partition coefficient (Wildman–Crippen LogP) is 3.83. The molecule has 0 bridgehead atoms. The number of hydrogen-bond donors (Lipinski definition) is 3. The van der Waals surface area contributed by atoms with Crippen molar-refractivity contribution in [1.29, 1.82) is 0 Å². The summed E-state index contributed by atoms with van der Waals surface area (Å²) >= 11 is 0. The molecule has 0 saturated heterocycles. The quantitative estimate of drug-likeness (QED) is 0.732. The Hall–Kier alpha value is -2.66. The van der Waals surface area contributed by atoms with Gasteiger partial charge in [0, 0.05) is 28.5 Å². The van der Waals surface area contributed by atoms with Crippen molar-refractivity contribution in [3.8, 4) is 11.1 Å². The van der Waals surface area contributed by atoms with Gasteiger partial charge in [-0.25, -0.2) is 4.98 Å². The lowest BCUT2D eigenvalue weighted by Gasteiger charge is -2.41. The van der Waals surface area contributed by atoms with Gasteiger partial charge in [-0.3, -0.25) is 4.79 Å². The van der Waals surface area contributed by atoms with Crippen LogP contribution >= 0.6 is 0 Å². The highest BCUT2D eigenvalue weighted by Crippen LogP contribution is 2.36. The zero-order chi connectivity index (χ0) is 18.9. The number of carbonyl (C=O) groups excluding carboxylic acids is 1. The van der Waals surface area contributed by atoms with Crippen molar-refractivity contribution in [3.63, 3.8) is 0 Å². The van der Waals surface area contributed by atoms with Crippen molar-refractivity contribution < 1.29 is 4.79 Å². The summed E-state index contributed by atoms with van der Waals surface area (Å²) in [5.74, 6) is 0.498. The van der Waals surface area contributed by atoms with E-state index >= 15 is 0 Å². The maximum absolute atomic E-state index is 10.6. The molecule has 0 aliphatic carbocycles. The third kappa shape index (κ3) is 3.94. The van der Waals surface area contributed by atoms with Gasteiger partial charge in [-0.05, 0) is 69.0 Å². The molecule has 3 rings (SSSR count). The summed E-state index contributed by atoms with van der Waals surface area (Å²) in [5, 5.41) is 6.29. The number of nitrogens with two attached hydrogens (primary N) is 1. The van der Waals surface area contributed by atoms with Gasteiger partial charge in [0.05, 0.1) is 0 Å². The van der Waals surface area contributed by atoms with Crippen molar-refractivity contribution in [2.24, 2.45) is 0 Å². The number of anilines is 2. The van der Waals surface area contributed by atoms with Gasteiger partial charge in [0.2, 0.25) is 6.41 Å². The molecule has 136 valence electrons. The molecule has 0 saturated carbocycles. The van der Waals surface area contributed by atoms with E-state index in [0.29, 0.717) is 12.2 Å². The molecular weight excluding hydrogens is 324 g/mol. The molecule has 1 aliphatic heterocycles. The Morgan fingerprint density at radius 2 is 1.85 bits per heavy atom. The summed E-state index contributed by atoms with van der Waals surface area (Å²) in [6, 6.07) is 9.69. The number of rotatable bonds is 4. The van der Waals surface area contributed by atoms with E-state index < -0.39 is 0 Å². The third-order valence-electron chi connectivity index (χ3n) is 4.54. The maximum Gasteiger partial charge on any atom is 0.211 e. The second-order valence-electron chi connectivity index (χ2n) is 8.07. The van der Waals surface area contributed by atoms with Gasteiger partial charge < -0.3 is 16.4 Å². The normalized spacial score (nSPS) is 18.1. The Morgan fingerprint density at radius 1 is 1.15 bits per heavy atom. The van der Waals surface area contributed by atoms with Crippen LogP contribution in [-0.4, -0.2) is 22.5 Å². The van der Waals surface area contributed by atoms with Crippen LogP contribution in [0.15, 0.2) is 42.6 Å². The van der Waals surface area contributed by atoms with Gasteiger partial charge in [0.15, 0.2) is 0 Å². The van der Waals surface area contributed by atoms with Crippen LogP contribution in [0.3, 0.4) is 0 Å². The number of nitrogen functional groups attached to an aromatic ring is 1. The van der Waals surface area contributed by atoms with Crippen molar-refractivity contribution in [2.45, 2.75) is 45.2 Å². The number of aromatic nitrogens is 1. The summed E-state index contributed by atoms with van der Waals surface area (Å²) in [5.41, 5.74) is 11.0. The fraction of sp³-hybridized carbons (Fsp3) is 0.333. The average molecular weight is 350 g/mol. The molecule has 2 heterocycles. The summed E-state index contributed by atoms with van der Waals surface area (Å²) in [6.07, 6.45) is 5.71. The number of amides is 1. The number of benzene rings is 1. The monoisotopic (exact) mass is 350 g/mol. The van der Waals surface area contributed by atoms with Crippen LogP contribution in [0.25, 0.3) is 16.7 Å². The topological polar surface area (TPSA) is 80.0 Å². The molecule has 0 fully saturated rings. The lowest BCUT2D eigenvalue weighted by molar-refractivity contribution is -0.105. The van der Waals surface area contributed by atoms with E-state index in [4.69, 9.17) is 5.73 Å². The Bertz CT molecular complexity index is 851. The lowest BCUT2D eigenvalue weighted by atomic mass is 9.81. The Morgan fingerprint density at radius 3 is 2.46 bits per heavy atom. The van der Waals surface area contributed by atoms with E-state index in [1.54, 1.807) is 0 Å². The number of pyridine rings is 1. The third-order valence-corrected chi connectivity index (χ3v) is 4.54. The number of hydrogen-bond acceptors (Lipinski definition) is 4. The van der Waals surface area contributed by atoms with Gasteiger partial charge >= 0.3 is 0 Å². The van der Waals surface area contributed by atoms with Crippen LogP contribution in [0.5, 0.6) is 0 Å². The van der Waals surface area contributed by atoms with Crippen molar-refractivity contribution >= 4 is 23.5 Å². The van der Waals surface area contributed by atoms with E-state index in [-0.39, 0.29) is 11.1 Å². The molecular formula is C21H26N4O. The second-order valence-corrected chi connectivity index (χ2v) is 8.07. The standard InChI is InChI=1S/C21H26N4O/c1-20(2)10-16(11-21(3,4)25-20)15-9-18(19(22)23-12-15)14-5-7-17(8-6-14)24-13-26/h5-10,12-13,25H,11H2,1-4H3,(H2,22,23)(H,24,26). The van der Waals surface area contributed by atoms with Gasteiger partial charge in [-0.2, -0.15) is 0 Å². The van der Waals surface area contributed by atoms with Gasteiger partial charge in [0.1, 0.15) is 5.82 Å². The molecule has 1 amide bonds. The minimum atomic E-state index is -0.0826. The van der Waals surface area contributed by atoms with Crippen molar-refractivity contribution in [2.75, 3.05) is 11.1 Å². The number of carbonyl (C=O) groups is 1. The smallest absolute Gasteiger partial charge is 0.211 e. The van der Waals surface area contributed by atoms with Crippen LogP contribution < -0.4 is 16.4 Å². The average Bonchev–Trinajstić information content (AvgIpc) is 2.53. The van der Waals surface area contributed by atoms with Crippen LogP contribution in [0, 0.1) is 0 Å². The Labute approximate surface area is 154 Å². The molecule has 0 radical (unpaired) electrons. The van der Waals surface area contributed by atoms with Crippen LogP contribution in [-0.2, 0) is 4.79 Å². The molecule has 1 aromatic carbocycles. The molecule has 0 atom stereocenters. The van der Waals surface area contributed by atoms with Crippen molar-refractivity contribution in [3.05, 3.63) is 48.2 Å². The highest BCUT2D eigenvalue weighted by molar-refractivity contribution is 5.81. The van der Waals surface area contributed by atoms with Gasteiger partial charge in [-0.1, -0.05) is 18.2 Å². The molecule has 26 heavy (non-hydrogen) atoms. The van der Waals surface area contributed by atoms with E-state index in [9.17, 15) is 4.79 Å². The molecule has 4 N–H and O–H groups in total. The zero-order valence-corrected chi connectivity index (χ0v) is 15.8. The van der Waals surface area contributed by atoms with Crippen molar-refractivity contribution in [1.82, 2.24) is 10.3 Å². The maximum atomic E-state index is 10.6. The Kier molecular flexibility index (Phi) is 4.59. The fourth-order valence-electron chi connectivity index (χ4n) is 3.80. The molecule has 0 unspecified atom stereocenters. The van der Waals surface area contributed by atoms with E-state index in [2.05, 4.69) is 55.5 Å². The van der Waals surface area contributed by atoms with Crippen LogP contribution in [0.4, 0.5) is 11.5 Å². The second kappa shape index (κ2) is 6.57. The highest BCUT2D eigenvalue weighted by atomic mass is 16.1. The molecule has 0 spiro atoms. The minimum absolute atomic E-state index is 0.0112. The number of nitrogens with one attached hydrogen (secondary N) is 2. The van der Waals surface area contributed by atoms with E-state index in [1.165, 1.54) is 5.57 Å². The summed E-state index contributed by atoms with van der Waals surface area (Å²) in [7, 11) is 0. The SMILES string of the molecule is CC1(C)C=C(c2cnc(N)c(-c3ccc(NC=O)cc3)c2)CC(C)(C)N1. The lowest BCUT2D eigenvalue weighted by Crippen LogP contribution is -2.53. The first-order chi connectivity index (χ1) is 12.2. The van der Waals surface area contributed by atoms with E-state index in [0.717, 1.165) is 28.8 Å². The molecule has 1 aliphatic rings. The number of nitrogens with zero attached hydrogens (tertiary/aromatic N) is 1. The fourth-order valence-corrected chi connectivity index (χ4v) is 3.80. The van der Waals surface area contributed by atoms with Gasteiger partial charge in [0.25, 0.3) is 0 Å². The highest BCUT2D eigenvalue weighted by Gasteiger charge is 2.32. The summed E-state index contributed by atoms with van der Waals surface area (Å²) < 4.78 is 0. The largest absolute Gasteiger partial charge is 0.383 e. The summed E-state index contributed by atoms with van der Waals surface area (Å²) in [6.45, 7) is 8.79. The molecule has 5 heteroatoms. The predicted molar refractivity (Wildman–Crippen MR) is 108 cm³/mol. The zero-order valence-electron chi connectivity index (χ0n) is 15.8. The molecule has 2 aromatic rings. The first-order valence-corrected chi connectivity index (χ1v) is 8.77. The Balaban J connectivity index is 2.00. The minimum Gasteiger partial charge on any atom is -0.383 e. The van der Waals surface area contributed by atoms with Crippen LogP contribution in [0.2, 0.25) is 0 Å². The first-order valence-electron chi connectivity index (χ1n) is 8.77. The first kappa shape index (κ1) is 18.1. The van der Waals surface area contributed by atoms with Gasteiger partial charge in [-0.15, -0.1) is 0 Å². The summed E-state index contributed by atoms with van der Waals surface area (Å²) in [4.78, 5) is 15.0. The molecule has 1 aromatic heterocycles. The molecule has 5 nitrogen and oxygen atoms in total. The van der Waals surface area contributed by atoms with Crippen LogP contribution in [0.1, 0.15) is 39.7 Å². The van der Waals surface area contributed by atoms with E-state index in [1.807, 2.05) is 30.5 Å².